The van der Waals surface area contributed by atoms with Crippen LogP contribution in [0.15, 0.2) is 251 Å². The Kier molecular flexibility index (Phi) is 8.81. The van der Waals surface area contributed by atoms with Gasteiger partial charge in [-0.15, -0.1) is 0 Å². The number of hydrogen-bond donors (Lipinski definition) is 0. The van der Waals surface area contributed by atoms with Gasteiger partial charge in [-0.2, -0.15) is 0 Å². The molecule has 4 nitrogen and oxygen atoms in total. The quantitative estimate of drug-likeness (QED) is 0.143. The molecule has 0 aliphatic carbocycles. The molecule has 0 N–H and O–H groups in total. The summed E-state index contributed by atoms with van der Waals surface area (Å²) in [5.74, 6) is 0. The highest BCUT2D eigenvalue weighted by molar-refractivity contribution is 6.15. The molecule has 0 atom stereocenters. The van der Waals surface area contributed by atoms with E-state index in [1.165, 1.54) is 10.8 Å². The Morgan fingerprint density at radius 1 is 0.227 bits per heavy atom. The lowest BCUT2D eigenvalue weighted by Gasteiger charge is -2.31. The van der Waals surface area contributed by atoms with Crippen molar-refractivity contribution in [2.75, 3.05) is 9.80 Å². The van der Waals surface area contributed by atoms with Gasteiger partial charge in [0.05, 0.1) is 5.69 Å². The van der Waals surface area contributed by atoms with Crippen LogP contribution in [0.5, 0.6) is 0 Å². The summed E-state index contributed by atoms with van der Waals surface area (Å²) in [6.45, 7) is 0. The second-order valence-corrected chi connectivity index (χ2v) is 16.9. The molecule has 0 saturated carbocycles. The molecule has 4 heteroatoms. The van der Waals surface area contributed by atoms with Crippen molar-refractivity contribution < 1.29 is 8.83 Å². The van der Waals surface area contributed by atoms with Crippen molar-refractivity contribution in [3.63, 3.8) is 0 Å². The van der Waals surface area contributed by atoms with Gasteiger partial charge in [0.2, 0.25) is 0 Å². The van der Waals surface area contributed by atoms with Crippen LogP contribution in [0.2, 0.25) is 0 Å². The number of rotatable bonds is 8. The number of fused-ring (bicyclic) bond motifs is 9. The van der Waals surface area contributed by atoms with Crippen molar-refractivity contribution in [2.45, 2.75) is 0 Å². The van der Waals surface area contributed by atoms with Crippen LogP contribution in [0.1, 0.15) is 0 Å². The van der Waals surface area contributed by atoms with Gasteiger partial charge in [-0.05, 0) is 123 Å². The Morgan fingerprint density at radius 2 is 0.667 bits per heavy atom. The van der Waals surface area contributed by atoms with Crippen LogP contribution >= 0.6 is 0 Å². The van der Waals surface area contributed by atoms with Crippen LogP contribution in [-0.2, 0) is 0 Å². The molecule has 2 heterocycles. The van der Waals surface area contributed by atoms with Crippen LogP contribution in [0, 0.1) is 0 Å². The zero-order chi connectivity index (χ0) is 43.6. The van der Waals surface area contributed by atoms with E-state index in [0.29, 0.717) is 0 Å². The zero-order valence-corrected chi connectivity index (χ0v) is 35.8. The first-order chi connectivity index (χ1) is 32.7. The van der Waals surface area contributed by atoms with E-state index in [1.54, 1.807) is 0 Å². The number of furan rings is 2. The monoisotopic (exact) mass is 844 g/mol. The Morgan fingerprint density at radius 3 is 1.23 bits per heavy atom. The second-order valence-electron chi connectivity index (χ2n) is 16.9. The van der Waals surface area contributed by atoms with Gasteiger partial charge in [0.25, 0.3) is 0 Å². The molecule has 0 spiro atoms. The second kappa shape index (κ2) is 15.4. The van der Waals surface area contributed by atoms with E-state index in [0.717, 1.165) is 111 Å². The number of anilines is 6. The van der Waals surface area contributed by atoms with E-state index in [-0.39, 0.29) is 0 Å². The minimum atomic E-state index is 0.834. The van der Waals surface area contributed by atoms with Crippen molar-refractivity contribution in [1.82, 2.24) is 0 Å². The standard InChI is InChI=1S/C62H40N2O2/c1-5-15-41(16-6-1)44-26-31-53-55-33-28-48(39-61(55)65-59(53)35-44)63(46-20-9-3-10-21-46)50-37-57-51-24-14-13-19-43(51)25-30-52(57)58(38-50)64(47-22-11-4-12-23-47)49-29-34-56-54-32-27-45(42-17-7-2-8-18-42)36-60(54)66-62(56)40-49/h1-40H. The Balaban J connectivity index is 1.02. The van der Waals surface area contributed by atoms with E-state index in [2.05, 4.69) is 240 Å². The predicted molar refractivity (Wildman–Crippen MR) is 276 cm³/mol. The van der Waals surface area contributed by atoms with Crippen molar-refractivity contribution in [1.29, 1.82) is 0 Å². The molecule has 310 valence electrons. The molecule has 0 amide bonds. The highest BCUT2D eigenvalue weighted by Crippen LogP contribution is 2.48. The van der Waals surface area contributed by atoms with Gasteiger partial charge in [-0.1, -0.05) is 146 Å². The van der Waals surface area contributed by atoms with Crippen LogP contribution in [0.4, 0.5) is 34.1 Å². The van der Waals surface area contributed by atoms with Crippen molar-refractivity contribution in [3.8, 4) is 22.3 Å². The molecule has 2 aromatic heterocycles. The summed E-state index contributed by atoms with van der Waals surface area (Å²) in [7, 11) is 0. The van der Waals surface area contributed by atoms with E-state index < -0.39 is 0 Å². The van der Waals surface area contributed by atoms with Gasteiger partial charge in [0.1, 0.15) is 22.3 Å². The van der Waals surface area contributed by atoms with Crippen molar-refractivity contribution >= 4 is 99.5 Å². The molecular formula is C62H40N2O2. The predicted octanol–water partition coefficient (Wildman–Crippen LogP) is 18.1. The van der Waals surface area contributed by atoms with Gasteiger partial charge in [-0.3, -0.25) is 0 Å². The van der Waals surface area contributed by atoms with Gasteiger partial charge < -0.3 is 18.6 Å². The summed E-state index contributed by atoms with van der Waals surface area (Å²) in [5, 5.41) is 9.01. The highest BCUT2D eigenvalue weighted by Gasteiger charge is 2.23. The number of hydrogen-bond acceptors (Lipinski definition) is 4. The zero-order valence-electron chi connectivity index (χ0n) is 35.8. The van der Waals surface area contributed by atoms with Crippen LogP contribution in [0.25, 0.3) is 87.7 Å². The number of benzene rings is 11. The summed E-state index contributed by atoms with van der Waals surface area (Å²) >= 11 is 0. The van der Waals surface area contributed by atoms with Crippen LogP contribution in [0.3, 0.4) is 0 Å². The smallest absolute Gasteiger partial charge is 0.137 e. The molecule has 13 aromatic rings. The van der Waals surface area contributed by atoms with Gasteiger partial charge in [0.15, 0.2) is 0 Å². The number of nitrogens with zero attached hydrogens (tertiary/aromatic N) is 2. The molecule has 0 unspecified atom stereocenters. The molecule has 66 heavy (non-hydrogen) atoms. The fourth-order valence-corrected chi connectivity index (χ4v) is 9.85. The summed E-state index contributed by atoms with van der Waals surface area (Å²) in [4.78, 5) is 4.72. The minimum absolute atomic E-state index is 0.834. The lowest BCUT2D eigenvalue weighted by Crippen LogP contribution is -2.14. The first-order valence-electron chi connectivity index (χ1n) is 22.4. The van der Waals surface area contributed by atoms with Gasteiger partial charge >= 0.3 is 0 Å². The SMILES string of the molecule is c1ccc(-c2ccc3c(c2)oc2cc(N(c4ccccc4)c4cc(N(c5ccccc5)c5ccc6c(c5)oc5cc(-c7ccccc7)ccc56)c5ccc6ccccc6c5c4)ccc23)cc1. The largest absolute Gasteiger partial charge is 0.456 e. The summed E-state index contributed by atoms with van der Waals surface area (Å²) in [6, 6.07) is 86.4. The molecule has 0 aliphatic heterocycles. The van der Waals surface area contributed by atoms with Crippen molar-refractivity contribution in [2.24, 2.45) is 0 Å². The average molecular weight is 845 g/mol. The Bertz CT molecular complexity index is 3930. The summed E-state index contributed by atoms with van der Waals surface area (Å²) in [6.07, 6.45) is 0. The molecule has 0 saturated heterocycles. The van der Waals surface area contributed by atoms with Crippen LogP contribution in [-0.4, -0.2) is 0 Å². The minimum Gasteiger partial charge on any atom is -0.456 e. The van der Waals surface area contributed by atoms with E-state index in [9.17, 15) is 0 Å². The molecule has 0 bridgehead atoms. The lowest BCUT2D eigenvalue weighted by atomic mass is 9.98. The fraction of sp³-hybridized carbons (Fsp3) is 0. The Hall–Kier alpha value is -8.86. The van der Waals surface area contributed by atoms with Gasteiger partial charge in [-0.25, -0.2) is 0 Å². The van der Waals surface area contributed by atoms with E-state index in [4.69, 9.17) is 8.83 Å². The topological polar surface area (TPSA) is 32.8 Å². The maximum atomic E-state index is 6.74. The normalized spacial score (nSPS) is 11.6. The van der Waals surface area contributed by atoms with E-state index in [1.807, 2.05) is 12.1 Å². The van der Waals surface area contributed by atoms with Crippen molar-refractivity contribution in [3.05, 3.63) is 243 Å². The molecule has 11 aromatic carbocycles. The first-order valence-corrected chi connectivity index (χ1v) is 22.4. The number of para-hydroxylation sites is 2. The molecule has 0 radical (unpaired) electrons. The highest BCUT2D eigenvalue weighted by atomic mass is 16.3. The summed E-state index contributed by atoms with van der Waals surface area (Å²) in [5.41, 5.74) is 14.1. The van der Waals surface area contributed by atoms with Crippen LogP contribution < -0.4 is 9.80 Å². The first kappa shape index (κ1) is 37.7. The maximum Gasteiger partial charge on any atom is 0.137 e. The third-order valence-corrected chi connectivity index (χ3v) is 13.0. The lowest BCUT2D eigenvalue weighted by molar-refractivity contribution is 0.668. The maximum absolute atomic E-state index is 6.74. The fourth-order valence-electron chi connectivity index (χ4n) is 9.85. The van der Waals surface area contributed by atoms with E-state index >= 15 is 0 Å². The third kappa shape index (κ3) is 6.38. The molecule has 0 fully saturated rings. The molecule has 13 rings (SSSR count). The third-order valence-electron chi connectivity index (χ3n) is 13.0. The summed E-state index contributed by atoms with van der Waals surface area (Å²) < 4.78 is 13.5. The molecular weight excluding hydrogens is 805 g/mol. The van der Waals surface area contributed by atoms with Gasteiger partial charge in [0, 0.05) is 67.5 Å². The average Bonchev–Trinajstić information content (AvgIpc) is 3.94. The Labute approximate surface area is 381 Å². The molecule has 0 aliphatic rings.